The van der Waals surface area contributed by atoms with Gasteiger partial charge in [0.25, 0.3) is 0 Å². The molecule has 3 nitrogen and oxygen atoms in total. The normalized spacial score (nSPS) is 11.5. The van der Waals surface area contributed by atoms with Crippen LogP contribution >= 0.6 is 0 Å². The maximum absolute atomic E-state index is 11.6. The summed E-state index contributed by atoms with van der Waals surface area (Å²) in [5.41, 5.74) is 0.681. The third-order valence-electron chi connectivity index (χ3n) is 5.05. The third-order valence-corrected chi connectivity index (χ3v) is 5.05. The Kier molecular flexibility index (Phi) is 11.3. The van der Waals surface area contributed by atoms with E-state index in [0.717, 1.165) is 17.4 Å². The van der Waals surface area contributed by atoms with E-state index >= 15 is 0 Å². The Hall–Kier alpha value is -1.35. The van der Waals surface area contributed by atoms with Crippen LogP contribution < -0.4 is 4.74 Å². The molecule has 0 amide bonds. The average Bonchev–Trinajstić information content (AvgIpc) is 2.61. The van der Waals surface area contributed by atoms with E-state index < -0.39 is 0 Å². The predicted octanol–water partition coefficient (Wildman–Crippen LogP) is 5.88. The Bertz CT molecular complexity index is 511. The number of para-hydroxylation sites is 1. The smallest absolute Gasteiger partial charge is 0.163 e. The van der Waals surface area contributed by atoms with Gasteiger partial charge in [-0.15, -0.1) is 0 Å². The number of quaternary nitrogens is 1. The molecule has 1 aromatic rings. The fourth-order valence-electron chi connectivity index (χ4n) is 3.34. The first-order chi connectivity index (χ1) is 12.5. The van der Waals surface area contributed by atoms with Crippen LogP contribution in [0.3, 0.4) is 0 Å². The molecule has 0 N–H and O–H groups in total. The lowest BCUT2D eigenvalue weighted by Gasteiger charge is -2.30. The first-order valence-electron chi connectivity index (χ1n) is 10.5. The molecule has 0 bridgehead atoms. The summed E-state index contributed by atoms with van der Waals surface area (Å²) in [5, 5.41) is 0. The van der Waals surface area contributed by atoms with E-state index in [1.165, 1.54) is 57.9 Å². The summed E-state index contributed by atoms with van der Waals surface area (Å²) in [6, 6.07) is 7.52. The van der Waals surface area contributed by atoms with Crippen molar-refractivity contribution in [2.45, 2.75) is 71.6 Å². The van der Waals surface area contributed by atoms with E-state index in [1.807, 2.05) is 24.3 Å². The molecule has 1 rings (SSSR count). The lowest BCUT2D eigenvalue weighted by molar-refractivity contribution is -0.890. The number of unbranched alkanes of at least 4 members (excludes halogenated alkanes) is 7. The Morgan fingerprint density at radius 2 is 1.46 bits per heavy atom. The van der Waals surface area contributed by atoms with E-state index in [2.05, 4.69) is 21.0 Å². The van der Waals surface area contributed by atoms with Gasteiger partial charge in [0.2, 0.25) is 0 Å². The summed E-state index contributed by atoms with van der Waals surface area (Å²) in [6.45, 7) is 6.88. The number of nitrogens with zero attached hydrogens (tertiary/aromatic N) is 1. The van der Waals surface area contributed by atoms with E-state index in [-0.39, 0.29) is 5.78 Å². The lowest BCUT2D eigenvalue weighted by atomic mass is 10.1. The zero-order valence-corrected chi connectivity index (χ0v) is 17.6. The molecule has 1 aromatic carbocycles. The SMILES string of the molecule is CCCCCCCCCC[N+](C)(C)CCCOc1ccccc1C(C)=O. The van der Waals surface area contributed by atoms with Gasteiger partial charge in [0.05, 0.1) is 39.4 Å². The van der Waals surface area contributed by atoms with Crippen molar-refractivity contribution in [1.29, 1.82) is 0 Å². The average molecular weight is 363 g/mol. The van der Waals surface area contributed by atoms with Crippen LogP contribution in [0.5, 0.6) is 5.75 Å². The van der Waals surface area contributed by atoms with Crippen LogP contribution in [0.4, 0.5) is 0 Å². The molecule has 0 saturated carbocycles. The number of benzene rings is 1. The van der Waals surface area contributed by atoms with Crippen LogP contribution in [0.25, 0.3) is 0 Å². The molecule has 0 saturated heterocycles. The second kappa shape index (κ2) is 12.9. The molecule has 0 aliphatic heterocycles. The van der Waals surface area contributed by atoms with Gasteiger partial charge in [0.15, 0.2) is 5.78 Å². The van der Waals surface area contributed by atoms with Crippen LogP contribution in [0.2, 0.25) is 0 Å². The Labute approximate surface area is 161 Å². The van der Waals surface area contributed by atoms with Crippen molar-refractivity contribution >= 4 is 5.78 Å². The summed E-state index contributed by atoms with van der Waals surface area (Å²) in [7, 11) is 4.62. The van der Waals surface area contributed by atoms with Crippen molar-refractivity contribution < 1.29 is 14.0 Å². The van der Waals surface area contributed by atoms with Crippen LogP contribution in [0.15, 0.2) is 24.3 Å². The van der Waals surface area contributed by atoms with Crippen molar-refractivity contribution in [1.82, 2.24) is 0 Å². The molecule has 0 aliphatic carbocycles. The van der Waals surface area contributed by atoms with Crippen LogP contribution in [0.1, 0.15) is 82.0 Å². The fraction of sp³-hybridized carbons (Fsp3) is 0.696. The molecule has 0 fully saturated rings. The first-order valence-corrected chi connectivity index (χ1v) is 10.5. The van der Waals surface area contributed by atoms with Crippen LogP contribution in [-0.2, 0) is 0 Å². The fourth-order valence-corrected chi connectivity index (χ4v) is 3.34. The number of hydrogen-bond donors (Lipinski definition) is 0. The van der Waals surface area contributed by atoms with Gasteiger partial charge in [-0.2, -0.15) is 0 Å². The van der Waals surface area contributed by atoms with Crippen LogP contribution in [0, 0.1) is 0 Å². The van der Waals surface area contributed by atoms with E-state index in [0.29, 0.717) is 17.9 Å². The topological polar surface area (TPSA) is 26.3 Å². The molecule has 0 spiro atoms. The van der Waals surface area contributed by atoms with Gasteiger partial charge in [0.1, 0.15) is 5.75 Å². The highest BCUT2D eigenvalue weighted by Crippen LogP contribution is 2.18. The van der Waals surface area contributed by atoms with Gasteiger partial charge in [-0.25, -0.2) is 0 Å². The van der Waals surface area contributed by atoms with Gasteiger partial charge in [-0.05, 0) is 31.9 Å². The summed E-state index contributed by atoms with van der Waals surface area (Å²) in [4.78, 5) is 11.6. The summed E-state index contributed by atoms with van der Waals surface area (Å²) in [6.07, 6.45) is 12.0. The van der Waals surface area contributed by atoms with Gasteiger partial charge >= 0.3 is 0 Å². The van der Waals surface area contributed by atoms with Crippen molar-refractivity contribution in [3.63, 3.8) is 0 Å². The summed E-state index contributed by atoms with van der Waals surface area (Å²) >= 11 is 0. The van der Waals surface area contributed by atoms with Crippen molar-refractivity contribution in [2.75, 3.05) is 33.8 Å². The van der Waals surface area contributed by atoms with Gasteiger partial charge in [-0.3, -0.25) is 4.79 Å². The molecule has 0 radical (unpaired) electrons. The number of ketones is 1. The highest BCUT2D eigenvalue weighted by Gasteiger charge is 2.14. The molecule has 148 valence electrons. The molecule has 0 atom stereocenters. The van der Waals surface area contributed by atoms with Crippen molar-refractivity contribution in [3.05, 3.63) is 29.8 Å². The number of Topliss-reactive ketones (excluding diaryl/α,β-unsaturated/α-hetero) is 1. The monoisotopic (exact) mass is 362 g/mol. The second-order valence-corrected chi connectivity index (χ2v) is 8.11. The van der Waals surface area contributed by atoms with Gasteiger partial charge in [-0.1, -0.05) is 57.6 Å². The molecular formula is C23H40NO2+. The minimum atomic E-state index is 0.0615. The minimum Gasteiger partial charge on any atom is -0.493 e. The molecule has 0 unspecified atom stereocenters. The number of carbonyl (C=O) groups is 1. The van der Waals surface area contributed by atoms with Gasteiger partial charge < -0.3 is 9.22 Å². The molecule has 0 aliphatic rings. The lowest BCUT2D eigenvalue weighted by Crippen LogP contribution is -2.41. The Morgan fingerprint density at radius 3 is 2.12 bits per heavy atom. The van der Waals surface area contributed by atoms with E-state index in [1.54, 1.807) is 6.92 Å². The molecule has 3 heteroatoms. The quantitative estimate of drug-likeness (QED) is 0.221. The maximum atomic E-state index is 11.6. The molecule has 0 aromatic heterocycles. The number of ether oxygens (including phenoxy) is 1. The highest BCUT2D eigenvalue weighted by molar-refractivity contribution is 5.96. The zero-order valence-electron chi connectivity index (χ0n) is 17.6. The minimum absolute atomic E-state index is 0.0615. The van der Waals surface area contributed by atoms with Gasteiger partial charge in [0, 0.05) is 6.42 Å². The molecular weight excluding hydrogens is 322 g/mol. The third kappa shape index (κ3) is 9.96. The van der Waals surface area contributed by atoms with E-state index in [4.69, 9.17) is 4.74 Å². The Morgan fingerprint density at radius 1 is 0.885 bits per heavy atom. The number of carbonyl (C=O) groups excluding carboxylic acids is 1. The summed E-state index contributed by atoms with van der Waals surface area (Å²) < 4.78 is 6.90. The highest BCUT2D eigenvalue weighted by atomic mass is 16.5. The van der Waals surface area contributed by atoms with Crippen molar-refractivity contribution in [2.24, 2.45) is 0 Å². The summed E-state index contributed by atoms with van der Waals surface area (Å²) in [5.74, 6) is 0.778. The Balaban J connectivity index is 2.15. The second-order valence-electron chi connectivity index (χ2n) is 8.11. The number of hydrogen-bond acceptors (Lipinski definition) is 2. The molecule has 0 heterocycles. The van der Waals surface area contributed by atoms with Crippen LogP contribution in [-0.4, -0.2) is 44.1 Å². The predicted molar refractivity (Wildman–Crippen MR) is 111 cm³/mol. The zero-order chi connectivity index (χ0) is 19.3. The first kappa shape index (κ1) is 22.7. The van der Waals surface area contributed by atoms with Crippen molar-refractivity contribution in [3.8, 4) is 5.75 Å². The standard InChI is InChI=1S/C23H40NO2/c1-5-6-7-8-9-10-11-14-18-24(3,4)19-15-20-26-23-17-13-12-16-22(23)21(2)25/h12-13,16-17H,5-11,14-15,18-20H2,1-4H3/q+1. The maximum Gasteiger partial charge on any atom is 0.163 e. The van der Waals surface area contributed by atoms with E-state index in [9.17, 15) is 4.79 Å². The largest absolute Gasteiger partial charge is 0.493 e. The molecule has 26 heavy (non-hydrogen) atoms. The number of rotatable bonds is 15.